The highest BCUT2D eigenvalue weighted by Gasteiger charge is 2.15. The van der Waals surface area contributed by atoms with Crippen molar-refractivity contribution in [1.82, 2.24) is 10.2 Å². The number of amides is 1. The zero-order chi connectivity index (χ0) is 11.8. The summed E-state index contributed by atoms with van der Waals surface area (Å²) in [7, 11) is 3.89. The van der Waals surface area contributed by atoms with Gasteiger partial charge in [0.05, 0.1) is 6.42 Å². The Balaban J connectivity index is 3.54. The lowest BCUT2D eigenvalue weighted by atomic mass is 10.2. The van der Waals surface area contributed by atoms with E-state index in [0.29, 0.717) is 6.54 Å². The smallest absolute Gasteiger partial charge is 0.321 e. The van der Waals surface area contributed by atoms with Gasteiger partial charge in [-0.15, -0.1) is 0 Å². The molecule has 0 aliphatic rings. The van der Waals surface area contributed by atoms with Crippen LogP contribution in [0, 0.1) is 0 Å². The van der Waals surface area contributed by atoms with Crippen LogP contribution in [0.2, 0.25) is 0 Å². The van der Waals surface area contributed by atoms with Crippen molar-refractivity contribution in [2.45, 2.75) is 18.9 Å². The first kappa shape index (κ1) is 13.9. The quantitative estimate of drug-likeness (QED) is 0.468. The normalized spacial score (nSPS) is 12.5. The largest absolute Gasteiger partial charge is 0.480 e. The minimum atomic E-state index is -1.15. The van der Waals surface area contributed by atoms with Gasteiger partial charge in [0.1, 0.15) is 6.04 Å². The molecule has 0 saturated heterocycles. The van der Waals surface area contributed by atoms with Crippen LogP contribution in [-0.2, 0) is 9.59 Å². The third kappa shape index (κ3) is 7.90. The van der Waals surface area contributed by atoms with E-state index in [1.807, 2.05) is 19.0 Å². The number of rotatable bonds is 7. The van der Waals surface area contributed by atoms with Gasteiger partial charge in [0.2, 0.25) is 5.91 Å². The number of carbonyl (C=O) groups excluding carboxylic acids is 1. The predicted octanol–water partition coefficient (Wildman–Crippen LogP) is -1.14. The monoisotopic (exact) mass is 217 g/mol. The van der Waals surface area contributed by atoms with Gasteiger partial charge in [-0.25, -0.2) is 0 Å². The molecule has 1 atom stereocenters. The van der Waals surface area contributed by atoms with E-state index in [1.54, 1.807) is 0 Å². The topological polar surface area (TPSA) is 95.7 Å². The molecule has 0 spiro atoms. The van der Waals surface area contributed by atoms with Gasteiger partial charge in [-0.1, -0.05) is 0 Å². The summed E-state index contributed by atoms with van der Waals surface area (Å²) in [4.78, 5) is 23.5. The molecule has 15 heavy (non-hydrogen) atoms. The Morgan fingerprint density at radius 2 is 2.07 bits per heavy atom. The van der Waals surface area contributed by atoms with Crippen molar-refractivity contribution >= 4 is 11.9 Å². The molecule has 6 heteroatoms. The minimum Gasteiger partial charge on any atom is -0.480 e. The van der Waals surface area contributed by atoms with Crippen LogP contribution in [0.3, 0.4) is 0 Å². The van der Waals surface area contributed by atoms with Crippen LogP contribution in [0.5, 0.6) is 0 Å². The standard InChI is InChI=1S/C9H19N3O3/c1-12(2)5-3-4-11-8(13)6-7(10)9(14)15/h7H,3-6,10H2,1-2H3,(H,11,13)(H,14,15)/t7-/m0/s1. The van der Waals surface area contributed by atoms with Crippen LogP contribution in [-0.4, -0.2) is 55.1 Å². The predicted molar refractivity (Wildman–Crippen MR) is 56.4 cm³/mol. The number of carboxylic acid groups (broad SMARTS) is 1. The highest BCUT2D eigenvalue weighted by molar-refractivity contribution is 5.84. The summed E-state index contributed by atoms with van der Waals surface area (Å²) in [6.07, 6.45) is 0.665. The van der Waals surface area contributed by atoms with E-state index in [9.17, 15) is 9.59 Å². The van der Waals surface area contributed by atoms with Crippen molar-refractivity contribution in [2.75, 3.05) is 27.2 Å². The molecule has 6 nitrogen and oxygen atoms in total. The zero-order valence-corrected chi connectivity index (χ0v) is 9.19. The number of carboxylic acids is 1. The molecule has 0 aromatic rings. The molecular weight excluding hydrogens is 198 g/mol. The van der Waals surface area contributed by atoms with Gasteiger partial charge in [-0.05, 0) is 27.1 Å². The molecule has 0 saturated carbocycles. The van der Waals surface area contributed by atoms with Crippen molar-refractivity contribution < 1.29 is 14.7 Å². The number of nitrogens with zero attached hydrogens (tertiary/aromatic N) is 1. The highest BCUT2D eigenvalue weighted by atomic mass is 16.4. The van der Waals surface area contributed by atoms with Crippen LogP contribution in [0.25, 0.3) is 0 Å². The van der Waals surface area contributed by atoms with Crippen LogP contribution in [0.4, 0.5) is 0 Å². The van der Waals surface area contributed by atoms with Gasteiger partial charge in [0, 0.05) is 6.54 Å². The van der Waals surface area contributed by atoms with Gasteiger partial charge in [-0.2, -0.15) is 0 Å². The van der Waals surface area contributed by atoms with Gasteiger partial charge in [0.15, 0.2) is 0 Å². The molecule has 0 aromatic heterocycles. The lowest BCUT2D eigenvalue weighted by Crippen LogP contribution is -2.37. The van der Waals surface area contributed by atoms with Crippen molar-refractivity contribution in [1.29, 1.82) is 0 Å². The number of hydrogen-bond acceptors (Lipinski definition) is 4. The van der Waals surface area contributed by atoms with Crippen LogP contribution >= 0.6 is 0 Å². The Labute approximate surface area is 89.4 Å². The summed E-state index contributed by atoms with van der Waals surface area (Å²) >= 11 is 0. The fourth-order valence-electron chi connectivity index (χ4n) is 0.982. The van der Waals surface area contributed by atoms with Gasteiger partial charge >= 0.3 is 5.97 Å². The van der Waals surface area contributed by atoms with E-state index < -0.39 is 12.0 Å². The Bertz CT molecular complexity index is 219. The first-order valence-corrected chi connectivity index (χ1v) is 4.83. The third-order valence-electron chi connectivity index (χ3n) is 1.83. The summed E-state index contributed by atoms with van der Waals surface area (Å²) in [5.74, 6) is -1.47. The van der Waals surface area contributed by atoms with E-state index in [2.05, 4.69) is 5.32 Å². The van der Waals surface area contributed by atoms with Gasteiger partial charge in [0.25, 0.3) is 0 Å². The van der Waals surface area contributed by atoms with E-state index in [4.69, 9.17) is 10.8 Å². The molecule has 0 unspecified atom stereocenters. The Hall–Kier alpha value is -1.14. The number of nitrogens with one attached hydrogen (secondary N) is 1. The number of nitrogens with two attached hydrogens (primary N) is 1. The van der Waals surface area contributed by atoms with Crippen molar-refractivity contribution in [3.05, 3.63) is 0 Å². The maximum absolute atomic E-state index is 11.1. The molecule has 88 valence electrons. The molecule has 0 radical (unpaired) electrons. The second-order valence-corrected chi connectivity index (χ2v) is 3.66. The SMILES string of the molecule is CN(C)CCCNC(=O)C[C@H](N)C(=O)O. The molecular formula is C9H19N3O3. The van der Waals surface area contributed by atoms with E-state index in [1.165, 1.54) is 0 Å². The van der Waals surface area contributed by atoms with Crippen molar-refractivity contribution in [3.63, 3.8) is 0 Å². The fourth-order valence-corrected chi connectivity index (χ4v) is 0.982. The molecule has 0 aliphatic carbocycles. The number of carbonyl (C=O) groups is 2. The summed E-state index contributed by atoms with van der Waals surface area (Å²) < 4.78 is 0. The first-order valence-electron chi connectivity index (χ1n) is 4.83. The van der Waals surface area contributed by atoms with Crippen molar-refractivity contribution in [2.24, 2.45) is 5.73 Å². The Morgan fingerprint density at radius 1 is 1.47 bits per heavy atom. The van der Waals surface area contributed by atoms with Gasteiger partial charge in [-0.3, -0.25) is 9.59 Å². The first-order chi connectivity index (χ1) is 6.93. The lowest BCUT2D eigenvalue weighted by molar-refractivity contribution is -0.140. The summed E-state index contributed by atoms with van der Waals surface area (Å²) in [6, 6.07) is -1.11. The molecule has 0 fully saturated rings. The van der Waals surface area contributed by atoms with E-state index in [0.717, 1.165) is 13.0 Å². The number of aliphatic carboxylic acids is 1. The molecule has 0 bridgehead atoms. The van der Waals surface area contributed by atoms with Crippen LogP contribution < -0.4 is 11.1 Å². The third-order valence-corrected chi connectivity index (χ3v) is 1.83. The molecule has 0 aromatic carbocycles. The van der Waals surface area contributed by atoms with Gasteiger partial charge < -0.3 is 21.1 Å². The minimum absolute atomic E-state index is 0.169. The second kappa shape index (κ2) is 7.19. The fraction of sp³-hybridized carbons (Fsp3) is 0.778. The van der Waals surface area contributed by atoms with E-state index >= 15 is 0 Å². The second-order valence-electron chi connectivity index (χ2n) is 3.66. The maximum atomic E-state index is 11.1. The number of hydrogen-bond donors (Lipinski definition) is 3. The molecule has 1 amide bonds. The van der Waals surface area contributed by atoms with E-state index in [-0.39, 0.29) is 12.3 Å². The summed E-state index contributed by atoms with van der Waals surface area (Å²) in [5.41, 5.74) is 5.20. The van der Waals surface area contributed by atoms with Crippen molar-refractivity contribution in [3.8, 4) is 0 Å². The van der Waals surface area contributed by atoms with Crippen LogP contribution in [0.1, 0.15) is 12.8 Å². The maximum Gasteiger partial charge on any atom is 0.321 e. The average molecular weight is 217 g/mol. The van der Waals surface area contributed by atoms with Crippen LogP contribution in [0.15, 0.2) is 0 Å². The average Bonchev–Trinajstić information content (AvgIpc) is 2.12. The molecule has 4 N–H and O–H groups in total. The molecule has 0 heterocycles. The highest BCUT2D eigenvalue weighted by Crippen LogP contribution is 1.89. The molecule has 0 aliphatic heterocycles. The lowest BCUT2D eigenvalue weighted by Gasteiger charge is -2.10. The summed E-state index contributed by atoms with van der Waals surface area (Å²) in [6.45, 7) is 1.43. The Morgan fingerprint density at radius 3 is 2.53 bits per heavy atom. The Kier molecular flexibility index (Phi) is 6.64. The zero-order valence-electron chi connectivity index (χ0n) is 9.19. The summed E-state index contributed by atoms with van der Waals surface area (Å²) in [5, 5.41) is 11.1. The molecule has 0 rings (SSSR count).